The van der Waals surface area contributed by atoms with Gasteiger partial charge in [-0.05, 0) is 47.1 Å². The van der Waals surface area contributed by atoms with Crippen molar-refractivity contribution in [3.63, 3.8) is 0 Å². The summed E-state index contributed by atoms with van der Waals surface area (Å²) in [5.41, 5.74) is 8.66. The first kappa shape index (κ1) is 14.8. The molecular formula is C20H26. The van der Waals surface area contributed by atoms with Gasteiger partial charge >= 0.3 is 0 Å². The van der Waals surface area contributed by atoms with Crippen LogP contribution in [0.2, 0.25) is 0 Å². The Kier molecular flexibility index (Phi) is 4.65. The van der Waals surface area contributed by atoms with Crippen molar-refractivity contribution >= 4 is 0 Å². The van der Waals surface area contributed by atoms with E-state index in [1.54, 1.807) is 0 Å². The van der Waals surface area contributed by atoms with Crippen molar-refractivity contribution in [3.8, 4) is 11.1 Å². The van der Waals surface area contributed by atoms with Crippen LogP contribution < -0.4 is 0 Å². The van der Waals surface area contributed by atoms with Crippen molar-refractivity contribution in [2.75, 3.05) is 0 Å². The summed E-state index contributed by atoms with van der Waals surface area (Å²) < 4.78 is 0. The van der Waals surface area contributed by atoms with Gasteiger partial charge in [0.1, 0.15) is 0 Å². The molecule has 0 bridgehead atoms. The molecule has 2 aromatic rings. The molecule has 0 atom stereocenters. The molecule has 3 rings (SSSR count). The largest absolute Gasteiger partial charge is 0.0656 e. The van der Waals surface area contributed by atoms with Gasteiger partial charge in [-0.3, -0.25) is 0 Å². The minimum absolute atomic E-state index is 0.606. The first-order valence-corrected chi connectivity index (χ1v) is 7.79. The van der Waals surface area contributed by atoms with E-state index < -0.39 is 0 Å². The predicted molar refractivity (Wildman–Crippen MR) is 89.5 cm³/mol. The quantitative estimate of drug-likeness (QED) is 0.499. The number of fused-ring (bicyclic) bond motifs is 3. The highest BCUT2D eigenvalue weighted by Crippen LogP contribution is 2.38. The first-order chi connectivity index (χ1) is 9.56. The average Bonchev–Trinajstić information content (AvgIpc) is 2.76. The van der Waals surface area contributed by atoms with E-state index in [4.69, 9.17) is 0 Å². The molecular weight excluding hydrogens is 240 g/mol. The topological polar surface area (TPSA) is 0 Å². The molecule has 0 unspecified atom stereocenters. The molecule has 0 radical (unpaired) electrons. The van der Waals surface area contributed by atoms with Crippen LogP contribution in [-0.4, -0.2) is 0 Å². The Morgan fingerprint density at radius 3 is 2.05 bits per heavy atom. The summed E-state index contributed by atoms with van der Waals surface area (Å²) in [6.07, 6.45) is 2.35. The fraction of sp³-hybridized carbons (Fsp3) is 0.400. The maximum absolute atomic E-state index is 2.38. The number of hydrogen-bond acceptors (Lipinski definition) is 0. The second-order valence-corrected chi connectivity index (χ2v) is 6.12. The van der Waals surface area contributed by atoms with Gasteiger partial charge in [0.15, 0.2) is 0 Å². The molecule has 1 aliphatic rings. The van der Waals surface area contributed by atoms with Crippen LogP contribution in [0.5, 0.6) is 0 Å². The zero-order valence-electron chi connectivity index (χ0n) is 13.5. The van der Waals surface area contributed by atoms with E-state index in [0.717, 1.165) is 6.42 Å². The summed E-state index contributed by atoms with van der Waals surface area (Å²) in [7, 11) is 0. The minimum Gasteiger partial charge on any atom is -0.0656 e. The predicted octanol–water partition coefficient (Wildman–Crippen LogP) is 6.11. The van der Waals surface area contributed by atoms with Crippen molar-refractivity contribution in [2.45, 2.75) is 53.4 Å². The Morgan fingerprint density at radius 2 is 1.45 bits per heavy atom. The molecule has 0 nitrogen and oxygen atoms in total. The molecule has 0 saturated carbocycles. The highest BCUT2D eigenvalue weighted by atomic mass is 14.2. The number of benzene rings is 2. The van der Waals surface area contributed by atoms with Crippen molar-refractivity contribution in [3.05, 3.63) is 58.7 Å². The monoisotopic (exact) mass is 266 g/mol. The maximum atomic E-state index is 2.38. The third-order valence-corrected chi connectivity index (χ3v) is 3.74. The van der Waals surface area contributed by atoms with E-state index in [0.29, 0.717) is 5.92 Å². The third kappa shape index (κ3) is 2.95. The van der Waals surface area contributed by atoms with Crippen molar-refractivity contribution in [1.29, 1.82) is 0 Å². The lowest BCUT2D eigenvalue weighted by Crippen LogP contribution is -1.89. The van der Waals surface area contributed by atoms with Gasteiger partial charge < -0.3 is 0 Å². The standard InChI is InChI=1S/C17H18.C3H8/c1-11(2)13-6-7-15-9-14-5-4-12(3)8-16(14)17(15)10-13;1-3-2/h4-8,10-11H,9H2,1-3H3;3H2,1-2H3. The second-order valence-electron chi connectivity index (χ2n) is 6.12. The first-order valence-electron chi connectivity index (χ1n) is 7.79. The zero-order valence-corrected chi connectivity index (χ0v) is 13.5. The number of hydrogen-bond donors (Lipinski definition) is 0. The van der Waals surface area contributed by atoms with Gasteiger partial charge in [-0.15, -0.1) is 0 Å². The van der Waals surface area contributed by atoms with Gasteiger partial charge in [-0.1, -0.05) is 76.1 Å². The van der Waals surface area contributed by atoms with Gasteiger partial charge in [-0.2, -0.15) is 0 Å². The maximum Gasteiger partial charge on any atom is -0.00134 e. The minimum atomic E-state index is 0.606. The average molecular weight is 266 g/mol. The molecule has 0 heterocycles. The summed E-state index contributed by atoms with van der Waals surface area (Å²) in [4.78, 5) is 0. The molecule has 106 valence electrons. The number of rotatable bonds is 1. The lowest BCUT2D eigenvalue weighted by molar-refractivity contribution is 0.866. The highest BCUT2D eigenvalue weighted by Gasteiger charge is 2.18. The molecule has 0 aromatic heterocycles. The van der Waals surface area contributed by atoms with E-state index in [1.807, 2.05) is 0 Å². The molecule has 0 fully saturated rings. The summed E-state index contributed by atoms with van der Waals surface area (Å²) in [6.45, 7) is 10.9. The van der Waals surface area contributed by atoms with Crippen LogP contribution >= 0.6 is 0 Å². The molecule has 2 aromatic carbocycles. The molecule has 20 heavy (non-hydrogen) atoms. The molecule has 0 aliphatic heterocycles. The summed E-state index contributed by atoms with van der Waals surface area (Å²) in [6, 6.07) is 13.8. The second kappa shape index (κ2) is 6.26. The van der Waals surface area contributed by atoms with Crippen LogP contribution in [0.4, 0.5) is 0 Å². The normalized spacial score (nSPS) is 11.7. The van der Waals surface area contributed by atoms with E-state index in [2.05, 4.69) is 71.0 Å². The van der Waals surface area contributed by atoms with E-state index >= 15 is 0 Å². The van der Waals surface area contributed by atoms with Crippen LogP contribution in [-0.2, 0) is 6.42 Å². The molecule has 0 saturated heterocycles. The molecule has 0 amide bonds. The van der Waals surface area contributed by atoms with Gasteiger partial charge in [0, 0.05) is 0 Å². The fourth-order valence-corrected chi connectivity index (χ4v) is 2.66. The van der Waals surface area contributed by atoms with E-state index in [9.17, 15) is 0 Å². The highest BCUT2D eigenvalue weighted by molar-refractivity contribution is 5.77. The van der Waals surface area contributed by atoms with Crippen LogP contribution in [0.1, 0.15) is 62.3 Å². The summed E-state index contributed by atoms with van der Waals surface area (Å²) >= 11 is 0. The SMILES string of the molecule is CCC.Cc1ccc2c(c1)-c1cc(C(C)C)ccc1C2. The van der Waals surface area contributed by atoms with Crippen LogP contribution in [0.15, 0.2) is 36.4 Å². The number of aryl methyl sites for hydroxylation is 1. The Morgan fingerprint density at radius 1 is 0.900 bits per heavy atom. The molecule has 0 heteroatoms. The fourth-order valence-electron chi connectivity index (χ4n) is 2.66. The molecule has 0 N–H and O–H groups in total. The third-order valence-electron chi connectivity index (χ3n) is 3.74. The van der Waals surface area contributed by atoms with Crippen molar-refractivity contribution in [2.24, 2.45) is 0 Å². The Balaban J connectivity index is 0.000000452. The Bertz CT molecular complexity index is 591. The van der Waals surface area contributed by atoms with E-state index in [1.165, 1.54) is 39.8 Å². The van der Waals surface area contributed by atoms with Gasteiger partial charge in [0.2, 0.25) is 0 Å². The van der Waals surface area contributed by atoms with Gasteiger partial charge in [-0.25, -0.2) is 0 Å². The van der Waals surface area contributed by atoms with Crippen LogP contribution in [0, 0.1) is 6.92 Å². The molecule has 1 aliphatic carbocycles. The Labute approximate surface area is 123 Å². The smallest absolute Gasteiger partial charge is 0.00134 e. The Hall–Kier alpha value is -1.56. The van der Waals surface area contributed by atoms with E-state index in [-0.39, 0.29) is 0 Å². The summed E-state index contributed by atoms with van der Waals surface area (Å²) in [5.74, 6) is 0.606. The lowest BCUT2D eigenvalue weighted by Gasteiger charge is -2.08. The van der Waals surface area contributed by atoms with Crippen molar-refractivity contribution < 1.29 is 0 Å². The summed E-state index contributed by atoms with van der Waals surface area (Å²) in [5, 5.41) is 0. The molecule has 0 spiro atoms. The van der Waals surface area contributed by atoms with Crippen LogP contribution in [0.25, 0.3) is 11.1 Å². The van der Waals surface area contributed by atoms with Gasteiger partial charge in [0.25, 0.3) is 0 Å². The lowest BCUT2D eigenvalue weighted by atomic mass is 9.96. The van der Waals surface area contributed by atoms with Crippen molar-refractivity contribution in [1.82, 2.24) is 0 Å². The van der Waals surface area contributed by atoms with Crippen LogP contribution in [0.3, 0.4) is 0 Å². The zero-order chi connectivity index (χ0) is 14.7. The van der Waals surface area contributed by atoms with Gasteiger partial charge in [0.05, 0.1) is 0 Å².